The maximum Gasteiger partial charge on any atom is 0.252 e. The van der Waals surface area contributed by atoms with Crippen molar-refractivity contribution in [2.75, 3.05) is 18.6 Å². The SMILES string of the molecule is COc1ccc(CNC(=O)C(CSCC2CCCCC2)NC(=O)c2ccncc2)cc1. The van der Waals surface area contributed by atoms with Crippen molar-refractivity contribution >= 4 is 23.6 Å². The first-order valence-corrected chi connectivity index (χ1v) is 12.0. The molecule has 1 aromatic carbocycles. The Bertz CT molecular complexity index is 824. The lowest BCUT2D eigenvalue weighted by atomic mass is 9.91. The molecule has 1 saturated carbocycles. The first-order valence-electron chi connectivity index (χ1n) is 10.8. The zero-order chi connectivity index (χ0) is 21.9. The van der Waals surface area contributed by atoms with Crippen molar-refractivity contribution in [3.05, 3.63) is 59.9 Å². The molecule has 0 aliphatic heterocycles. The first kappa shape index (κ1) is 23.1. The molecule has 1 heterocycles. The van der Waals surface area contributed by atoms with Gasteiger partial charge in [-0.15, -0.1) is 0 Å². The molecular weight excluding hydrogens is 410 g/mol. The number of nitrogens with zero attached hydrogens (tertiary/aromatic N) is 1. The summed E-state index contributed by atoms with van der Waals surface area (Å²) in [5, 5.41) is 5.87. The lowest BCUT2D eigenvalue weighted by Gasteiger charge is -2.23. The van der Waals surface area contributed by atoms with Crippen LogP contribution in [-0.4, -0.2) is 41.5 Å². The number of rotatable bonds is 10. The molecule has 7 heteroatoms. The molecule has 2 amide bonds. The minimum atomic E-state index is -0.590. The molecule has 0 bridgehead atoms. The summed E-state index contributed by atoms with van der Waals surface area (Å²) in [5.41, 5.74) is 1.48. The number of hydrogen-bond acceptors (Lipinski definition) is 5. The van der Waals surface area contributed by atoms with Crippen molar-refractivity contribution in [1.82, 2.24) is 15.6 Å². The van der Waals surface area contributed by atoms with E-state index in [4.69, 9.17) is 4.74 Å². The molecule has 2 aromatic rings. The molecular formula is C24H31N3O3S. The fourth-order valence-corrected chi connectivity index (χ4v) is 4.96. The summed E-state index contributed by atoms with van der Waals surface area (Å²) in [6, 6.07) is 10.3. The number of nitrogens with one attached hydrogen (secondary N) is 2. The monoisotopic (exact) mass is 441 g/mol. The van der Waals surface area contributed by atoms with Crippen LogP contribution in [-0.2, 0) is 11.3 Å². The van der Waals surface area contributed by atoms with Crippen LogP contribution in [0.4, 0.5) is 0 Å². The van der Waals surface area contributed by atoms with E-state index < -0.39 is 6.04 Å². The quantitative estimate of drug-likeness (QED) is 0.586. The van der Waals surface area contributed by atoms with Crippen LogP contribution in [0.15, 0.2) is 48.8 Å². The second-order valence-corrected chi connectivity index (χ2v) is 8.94. The Morgan fingerprint density at radius 1 is 1.10 bits per heavy atom. The molecule has 1 fully saturated rings. The van der Waals surface area contributed by atoms with Gasteiger partial charge in [0.05, 0.1) is 7.11 Å². The van der Waals surface area contributed by atoms with Gasteiger partial charge in [-0.1, -0.05) is 31.4 Å². The normalized spacial score (nSPS) is 15.1. The molecule has 0 spiro atoms. The summed E-state index contributed by atoms with van der Waals surface area (Å²) >= 11 is 1.76. The Morgan fingerprint density at radius 2 is 1.81 bits per heavy atom. The van der Waals surface area contributed by atoms with Gasteiger partial charge >= 0.3 is 0 Å². The molecule has 1 unspecified atom stereocenters. The topological polar surface area (TPSA) is 80.3 Å². The summed E-state index contributed by atoms with van der Waals surface area (Å²) in [6.45, 7) is 0.401. The summed E-state index contributed by atoms with van der Waals surface area (Å²) in [7, 11) is 1.62. The van der Waals surface area contributed by atoms with Gasteiger partial charge in [0.25, 0.3) is 5.91 Å². The van der Waals surface area contributed by atoms with E-state index >= 15 is 0 Å². The summed E-state index contributed by atoms with van der Waals surface area (Å²) in [5.74, 6) is 2.66. The van der Waals surface area contributed by atoms with Crippen LogP contribution in [0.3, 0.4) is 0 Å². The van der Waals surface area contributed by atoms with Crippen molar-refractivity contribution in [2.24, 2.45) is 5.92 Å². The van der Waals surface area contributed by atoms with Gasteiger partial charge in [0.1, 0.15) is 11.8 Å². The number of benzene rings is 1. The number of aromatic nitrogens is 1. The van der Waals surface area contributed by atoms with Gasteiger partial charge in [-0.3, -0.25) is 14.6 Å². The van der Waals surface area contributed by atoms with Gasteiger partial charge in [-0.25, -0.2) is 0 Å². The lowest BCUT2D eigenvalue weighted by molar-refractivity contribution is -0.122. The second-order valence-electron chi connectivity index (χ2n) is 7.87. The van der Waals surface area contributed by atoms with Crippen LogP contribution in [0.25, 0.3) is 0 Å². The molecule has 1 aromatic heterocycles. The van der Waals surface area contributed by atoms with E-state index in [1.165, 1.54) is 32.1 Å². The molecule has 166 valence electrons. The number of amides is 2. The predicted octanol–water partition coefficient (Wildman–Crippen LogP) is 3.82. The molecule has 0 radical (unpaired) electrons. The van der Waals surface area contributed by atoms with E-state index in [1.807, 2.05) is 24.3 Å². The van der Waals surface area contributed by atoms with Crippen molar-refractivity contribution in [2.45, 2.75) is 44.7 Å². The van der Waals surface area contributed by atoms with E-state index in [2.05, 4.69) is 15.6 Å². The van der Waals surface area contributed by atoms with Gasteiger partial charge < -0.3 is 15.4 Å². The molecule has 6 nitrogen and oxygen atoms in total. The fraction of sp³-hybridized carbons (Fsp3) is 0.458. The molecule has 3 rings (SSSR count). The predicted molar refractivity (Wildman–Crippen MR) is 124 cm³/mol. The minimum absolute atomic E-state index is 0.172. The highest BCUT2D eigenvalue weighted by Gasteiger charge is 2.22. The van der Waals surface area contributed by atoms with Crippen molar-refractivity contribution in [3.63, 3.8) is 0 Å². The van der Waals surface area contributed by atoms with Crippen LogP contribution >= 0.6 is 11.8 Å². The molecule has 0 saturated heterocycles. The standard InChI is InChI=1S/C24H31N3O3S/c1-30-21-9-7-18(8-10-21)15-26-24(29)22(17-31-16-19-5-3-2-4-6-19)27-23(28)20-11-13-25-14-12-20/h7-14,19,22H,2-6,15-17H2,1H3,(H,26,29)(H,27,28). The van der Waals surface area contributed by atoms with Crippen LogP contribution in [0.5, 0.6) is 5.75 Å². The largest absolute Gasteiger partial charge is 0.497 e. The highest BCUT2D eigenvalue weighted by atomic mass is 32.2. The molecule has 1 aliphatic rings. The van der Waals surface area contributed by atoms with E-state index in [0.29, 0.717) is 17.9 Å². The van der Waals surface area contributed by atoms with Crippen molar-refractivity contribution in [1.29, 1.82) is 0 Å². The summed E-state index contributed by atoms with van der Waals surface area (Å²) in [6.07, 6.45) is 9.62. The van der Waals surface area contributed by atoms with E-state index in [9.17, 15) is 9.59 Å². The van der Waals surface area contributed by atoms with E-state index in [-0.39, 0.29) is 11.8 Å². The van der Waals surface area contributed by atoms with Crippen molar-refractivity contribution < 1.29 is 14.3 Å². The zero-order valence-corrected chi connectivity index (χ0v) is 18.8. The Balaban J connectivity index is 1.57. The Hall–Kier alpha value is -2.54. The highest BCUT2D eigenvalue weighted by molar-refractivity contribution is 7.99. The minimum Gasteiger partial charge on any atom is -0.497 e. The molecule has 31 heavy (non-hydrogen) atoms. The third kappa shape index (κ3) is 7.58. The maximum absolute atomic E-state index is 12.9. The van der Waals surface area contributed by atoms with E-state index in [0.717, 1.165) is 23.0 Å². The van der Waals surface area contributed by atoms with Gasteiger partial charge in [-0.2, -0.15) is 11.8 Å². The molecule has 2 N–H and O–H groups in total. The third-order valence-corrected chi connectivity index (χ3v) is 6.83. The maximum atomic E-state index is 12.9. The van der Waals surface area contributed by atoms with Gasteiger partial charge in [-0.05, 0) is 54.3 Å². The van der Waals surface area contributed by atoms with Gasteiger partial charge in [0.15, 0.2) is 0 Å². The van der Waals surface area contributed by atoms with Gasteiger partial charge in [0, 0.05) is 30.3 Å². The number of hydrogen-bond donors (Lipinski definition) is 2. The smallest absolute Gasteiger partial charge is 0.252 e. The fourth-order valence-electron chi connectivity index (χ4n) is 3.69. The Labute approximate surface area is 188 Å². The Morgan fingerprint density at radius 3 is 2.48 bits per heavy atom. The molecule has 1 aliphatic carbocycles. The average molecular weight is 442 g/mol. The number of thioether (sulfide) groups is 1. The number of carbonyl (C=O) groups is 2. The number of pyridine rings is 1. The van der Waals surface area contributed by atoms with Crippen LogP contribution in [0.1, 0.15) is 48.0 Å². The number of carbonyl (C=O) groups excluding carboxylic acids is 2. The lowest BCUT2D eigenvalue weighted by Crippen LogP contribution is -2.48. The van der Waals surface area contributed by atoms with Gasteiger partial charge in [0.2, 0.25) is 5.91 Å². The summed E-state index contributed by atoms with van der Waals surface area (Å²) in [4.78, 5) is 29.5. The zero-order valence-electron chi connectivity index (χ0n) is 18.0. The molecule has 1 atom stereocenters. The van der Waals surface area contributed by atoms with Crippen LogP contribution in [0, 0.1) is 5.92 Å². The highest BCUT2D eigenvalue weighted by Crippen LogP contribution is 2.27. The number of methoxy groups -OCH3 is 1. The van der Waals surface area contributed by atoms with E-state index in [1.54, 1.807) is 43.4 Å². The van der Waals surface area contributed by atoms with Crippen LogP contribution < -0.4 is 15.4 Å². The first-order chi connectivity index (χ1) is 15.2. The summed E-state index contributed by atoms with van der Waals surface area (Å²) < 4.78 is 5.17. The Kier molecular flexibility index (Phi) is 9.21. The van der Waals surface area contributed by atoms with Crippen LogP contribution in [0.2, 0.25) is 0 Å². The van der Waals surface area contributed by atoms with Crippen molar-refractivity contribution in [3.8, 4) is 5.75 Å². The second kappa shape index (κ2) is 12.3. The average Bonchev–Trinajstić information content (AvgIpc) is 2.83. The third-order valence-electron chi connectivity index (χ3n) is 5.55. The number of ether oxygens (including phenoxy) is 1.